The highest BCUT2D eigenvalue weighted by molar-refractivity contribution is 5.34. The molecule has 0 spiro atoms. The predicted molar refractivity (Wildman–Crippen MR) is 61.1 cm³/mol. The van der Waals surface area contributed by atoms with Crippen LogP contribution in [0.5, 0.6) is 0 Å². The molecule has 18 heavy (non-hydrogen) atoms. The summed E-state index contributed by atoms with van der Waals surface area (Å²) in [6, 6.07) is 2.02. The number of halogens is 3. The first-order valence-corrected chi connectivity index (χ1v) is 6.36. The average molecular weight is 259 g/mol. The van der Waals surface area contributed by atoms with Gasteiger partial charge in [0.15, 0.2) is 0 Å². The minimum absolute atomic E-state index is 0.401. The van der Waals surface area contributed by atoms with Crippen molar-refractivity contribution in [2.24, 2.45) is 11.8 Å². The molecule has 0 saturated heterocycles. The largest absolute Gasteiger partial charge is 0.408 e. The Kier molecular flexibility index (Phi) is 2.75. The lowest BCUT2D eigenvalue weighted by atomic mass is 9.95. The van der Waals surface area contributed by atoms with Crippen molar-refractivity contribution in [3.05, 3.63) is 12.3 Å². The van der Waals surface area contributed by atoms with Crippen molar-refractivity contribution in [3.63, 3.8) is 0 Å². The van der Waals surface area contributed by atoms with Gasteiger partial charge in [0.25, 0.3) is 0 Å². The van der Waals surface area contributed by atoms with E-state index in [9.17, 15) is 13.2 Å². The first-order valence-electron chi connectivity index (χ1n) is 6.36. The number of aromatic nitrogens is 2. The lowest BCUT2D eigenvalue weighted by Crippen LogP contribution is -2.26. The Morgan fingerprint density at radius 3 is 2.78 bits per heavy atom. The Morgan fingerprint density at radius 2 is 2.17 bits per heavy atom. The van der Waals surface area contributed by atoms with Gasteiger partial charge in [0.2, 0.25) is 0 Å². The highest BCUT2D eigenvalue weighted by Crippen LogP contribution is 2.45. The third-order valence-corrected chi connectivity index (χ3v) is 4.05. The van der Waals surface area contributed by atoms with Gasteiger partial charge in [0.1, 0.15) is 12.4 Å². The number of alkyl halides is 3. The molecule has 2 bridgehead atoms. The number of hydrogen-bond donors (Lipinski definition) is 1. The number of fused-ring (bicyclic) bond motifs is 2. The van der Waals surface area contributed by atoms with Crippen molar-refractivity contribution >= 4 is 5.82 Å². The third kappa shape index (κ3) is 2.47. The fourth-order valence-electron chi connectivity index (χ4n) is 3.32. The van der Waals surface area contributed by atoms with E-state index in [1.165, 1.54) is 25.5 Å². The highest BCUT2D eigenvalue weighted by atomic mass is 19.4. The summed E-state index contributed by atoms with van der Waals surface area (Å²) >= 11 is 0. The smallest absolute Gasteiger partial charge is 0.366 e. The van der Waals surface area contributed by atoms with Gasteiger partial charge in [-0.3, -0.25) is 4.68 Å². The third-order valence-electron chi connectivity index (χ3n) is 4.05. The van der Waals surface area contributed by atoms with Crippen molar-refractivity contribution in [1.29, 1.82) is 0 Å². The van der Waals surface area contributed by atoms with Gasteiger partial charge in [-0.25, -0.2) is 0 Å². The fraction of sp³-hybridized carbons (Fsp3) is 0.750. The molecule has 2 saturated carbocycles. The zero-order valence-corrected chi connectivity index (χ0v) is 9.95. The van der Waals surface area contributed by atoms with E-state index >= 15 is 0 Å². The number of hydrogen-bond acceptors (Lipinski definition) is 2. The Balaban J connectivity index is 1.60. The van der Waals surface area contributed by atoms with Gasteiger partial charge in [-0.15, -0.1) is 0 Å². The van der Waals surface area contributed by atoms with Crippen molar-refractivity contribution in [3.8, 4) is 0 Å². The van der Waals surface area contributed by atoms with Crippen LogP contribution in [-0.4, -0.2) is 22.0 Å². The van der Waals surface area contributed by atoms with Crippen LogP contribution in [-0.2, 0) is 6.54 Å². The van der Waals surface area contributed by atoms with Crippen LogP contribution >= 0.6 is 0 Å². The van der Waals surface area contributed by atoms with E-state index < -0.39 is 12.7 Å². The molecule has 3 atom stereocenters. The van der Waals surface area contributed by atoms with E-state index in [1.807, 2.05) is 0 Å². The summed E-state index contributed by atoms with van der Waals surface area (Å²) in [7, 11) is 0. The van der Waals surface area contributed by atoms with E-state index in [0.29, 0.717) is 17.8 Å². The van der Waals surface area contributed by atoms with Crippen LogP contribution in [0.3, 0.4) is 0 Å². The molecule has 3 rings (SSSR count). The van der Waals surface area contributed by atoms with E-state index in [-0.39, 0.29) is 0 Å². The SMILES string of the molecule is FC(F)(F)Cn1ccc(N[C@@H]2C[C@H]3CC[C@H]2C3)n1. The zero-order valence-electron chi connectivity index (χ0n) is 9.95. The van der Waals surface area contributed by atoms with Gasteiger partial charge in [0.05, 0.1) is 0 Å². The molecule has 0 aliphatic heterocycles. The molecular formula is C12H16F3N3. The molecule has 0 unspecified atom stereocenters. The zero-order chi connectivity index (χ0) is 12.8. The summed E-state index contributed by atoms with van der Waals surface area (Å²) in [4.78, 5) is 0. The lowest BCUT2D eigenvalue weighted by Gasteiger charge is -2.22. The second-order valence-electron chi connectivity index (χ2n) is 5.44. The van der Waals surface area contributed by atoms with Crippen LogP contribution in [0, 0.1) is 11.8 Å². The Bertz CT molecular complexity index is 426. The van der Waals surface area contributed by atoms with Gasteiger partial charge in [-0.05, 0) is 31.1 Å². The Hall–Kier alpha value is -1.20. The Morgan fingerprint density at radius 1 is 1.33 bits per heavy atom. The Labute approximate surface area is 103 Å². The van der Waals surface area contributed by atoms with Crippen LogP contribution < -0.4 is 5.32 Å². The van der Waals surface area contributed by atoms with Crippen LogP contribution in [0.25, 0.3) is 0 Å². The minimum Gasteiger partial charge on any atom is -0.366 e. The van der Waals surface area contributed by atoms with Crippen molar-refractivity contribution in [2.75, 3.05) is 5.32 Å². The molecule has 1 heterocycles. The maximum atomic E-state index is 12.2. The van der Waals surface area contributed by atoms with E-state index in [1.54, 1.807) is 6.07 Å². The quantitative estimate of drug-likeness (QED) is 0.904. The van der Waals surface area contributed by atoms with Crippen molar-refractivity contribution in [1.82, 2.24) is 9.78 Å². The highest BCUT2D eigenvalue weighted by Gasteiger charge is 2.39. The molecule has 1 aromatic rings. The summed E-state index contributed by atoms with van der Waals surface area (Å²) in [5.41, 5.74) is 0. The molecule has 2 fully saturated rings. The first kappa shape index (κ1) is 11.9. The van der Waals surface area contributed by atoms with Gasteiger partial charge < -0.3 is 5.32 Å². The fourth-order valence-corrected chi connectivity index (χ4v) is 3.32. The summed E-state index contributed by atoms with van der Waals surface area (Å²) in [5, 5.41) is 7.21. The second kappa shape index (κ2) is 4.17. The minimum atomic E-state index is -4.21. The van der Waals surface area contributed by atoms with Gasteiger partial charge in [-0.1, -0.05) is 6.42 Å². The van der Waals surface area contributed by atoms with E-state index in [0.717, 1.165) is 17.0 Å². The molecular weight excluding hydrogens is 243 g/mol. The van der Waals surface area contributed by atoms with Crippen molar-refractivity contribution in [2.45, 2.75) is 44.4 Å². The predicted octanol–water partition coefficient (Wildman–Crippen LogP) is 3.05. The second-order valence-corrected chi connectivity index (χ2v) is 5.44. The average Bonchev–Trinajstić information content (AvgIpc) is 2.92. The maximum absolute atomic E-state index is 12.2. The molecule has 6 heteroatoms. The van der Waals surface area contributed by atoms with Gasteiger partial charge >= 0.3 is 6.18 Å². The molecule has 0 radical (unpaired) electrons. The van der Waals surface area contributed by atoms with E-state index in [4.69, 9.17) is 0 Å². The topological polar surface area (TPSA) is 29.9 Å². The van der Waals surface area contributed by atoms with Crippen LogP contribution in [0.15, 0.2) is 12.3 Å². The maximum Gasteiger partial charge on any atom is 0.408 e. The standard InChI is InChI=1S/C12H16F3N3/c13-12(14,15)7-18-4-3-11(17-18)16-10-6-8-1-2-9(10)5-8/h3-4,8-10H,1-2,5-7H2,(H,16,17)/t8-,9-,10+/m0/s1. The first-order chi connectivity index (χ1) is 8.49. The lowest BCUT2D eigenvalue weighted by molar-refractivity contribution is -0.142. The number of rotatable bonds is 3. The molecule has 1 aromatic heterocycles. The van der Waals surface area contributed by atoms with Crippen molar-refractivity contribution < 1.29 is 13.2 Å². The normalized spacial score (nSPS) is 30.9. The van der Waals surface area contributed by atoms with Crippen LogP contribution in [0.2, 0.25) is 0 Å². The molecule has 3 nitrogen and oxygen atoms in total. The van der Waals surface area contributed by atoms with E-state index in [2.05, 4.69) is 10.4 Å². The molecule has 0 aromatic carbocycles. The molecule has 100 valence electrons. The summed E-state index contributed by atoms with van der Waals surface area (Å²) in [6.45, 7) is -1.02. The molecule has 0 amide bonds. The van der Waals surface area contributed by atoms with Crippen LogP contribution in [0.1, 0.15) is 25.7 Å². The molecule has 1 N–H and O–H groups in total. The summed E-state index contributed by atoms with van der Waals surface area (Å²) in [5.74, 6) is 2.06. The monoisotopic (exact) mass is 259 g/mol. The number of anilines is 1. The molecule has 2 aliphatic rings. The molecule has 2 aliphatic carbocycles. The van der Waals surface area contributed by atoms with Gasteiger partial charge in [0, 0.05) is 18.3 Å². The number of nitrogens with one attached hydrogen (secondary N) is 1. The van der Waals surface area contributed by atoms with Crippen LogP contribution in [0.4, 0.5) is 19.0 Å². The summed E-state index contributed by atoms with van der Waals surface area (Å²) in [6.07, 6.45) is 2.12. The van der Waals surface area contributed by atoms with Gasteiger partial charge in [-0.2, -0.15) is 18.3 Å². The summed E-state index contributed by atoms with van der Waals surface area (Å²) < 4.78 is 37.5. The number of nitrogens with zero attached hydrogens (tertiary/aromatic N) is 2.